The molecular weight excluding hydrogens is 274 g/mol. The van der Waals surface area contributed by atoms with E-state index in [1.165, 1.54) is 6.07 Å². The molecule has 0 aromatic heterocycles. The van der Waals surface area contributed by atoms with Gasteiger partial charge in [-0.25, -0.2) is 8.78 Å². The largest absolute Gasteiger partial charge is 0.322 e. The van der Waals surface area contributed by atoms with Crippen LogP contribution in [0, 0.1) is 11.6 Å². The van der Waals surface area contributed by atoms with Crippen LogP contribution < -0.4 is 11.1 Å². The van der Waals surface area contributed by atoms with Crippen LogP contribution in [0.15, 0.2) is 48.5 Å². The van der Waals surface area contributed by atoms with E-state index in [0.717, 1.165) is 11.6 Å². The zero-order valence-electron chi connectivity index (χ0n) is 11.4. The van der Waals surface area contributed by atoms with E-state index >= 15 is 0 Å². The smallest absolute Gasteiger partial charge is 0.241 e. The molecule has 1 amide bonds. The molecule has 5 heteroatoms. The maximum absolute atomic E-state index is 13.4. The van der Waals surface area contributed by atoms with Crippen molar-refractivity contribution in [2.24, 2.45) is 5.73 Å². The number of halogens is 2. The van der Waals surface area contributed by atoms with Gasteiger partial charge in [0.15, 0.2) is 0 Å². The molecule has 0 heterocycles. The van der Waals surface area contributed by atoms with Gasteiger partial charge in [0, 0.05) is 6.07 Å². The fourth-order valence-corrected chi connectivity index (χ4v) is 1.91. The lowest BCUT2D eigenvalue weighted by atomic mass is 10.1. The van der Waals surface area contributed by atoms with Crippen LogP contribution in [0.2, 0.25) is 0 Å². The van der Waals surface area contributed by atoms with Gasteiger partial charge in [-0.1, -0.05) is 30.3 Å². The van der Waals surface area contributed by atoms with E-state index in [1.807, 2.05) is 30.3 Å². The van der Waals surface area contributed by atoms with Crippen LogP contribution in [-0.2, 0) is 11.2 Å². The topological polar surface area (TPSA) is 55.1 Å². The highest BCUT2D eigenvalue weighted by Gasteiger charge is 2.15. The van der Waals surface area contributed by atoms with Gasteiger partial charge in [0.05, 0.1) is 11.7 Å². The Kier molecular flexibility index (Phi) is 5.00. The van der Waals surface area contributed by atoms with Crippen LogP contribution in [0.1, 0.15) is 12.0 Å². The van der Waals surface area contributed by atoms with Crippen molar-refractivity contribution in [3.05, 3.63) is 65.7 Å². The maximum Gasteiger partial charge on any atom is 0.241 e. The zero-order chi connectivity index (χ0) is 15.2. The first-order valence-electron chi connectivity index (χ1n) is 6.61. The van der Waals surface area contributed by atoms with E-state index in [-0.39, 0.29) is 5.69 Å². The summed E-state index contributed by atoms with van der Waals surface area (Å²) in [4.78, 5) is 11.9. The number of aryl methyl sites for hydroxylation is 1. The van der Waals surface area contributed by atoms with E-state index in [2.05, 4.69) is 5.32 Å². The predicted octanol–water partition coefficient (Wildman–Crippen LogP) is 2.86. The quantitative estimate of drug-likeness (QED) is 0.889. The number of anilines is 1. The van der Waals surface area contributed by atoms with Gasteiger partial charge >= 0.3 is 0 Å². The van der Waals surface area contributed by atoms with Crippen molar-refractivity contribution in [2.45, 2.75) is 18.9 Å². The highest BCUT2D eigenvalue weighted by molar-refractivity contribution is 5.94. The summed E-state index contributed by atoms with van der Waals surface area (Å²) in [6, 6.07) is 11.8. The molecule has 0 saturated heterocycles. The summed E-state index contributed by atoms with van der Waals surface area (Å²) >= 11 is 0. The van der Waals surface area contributed by atoms with E-state index in [9.17, 15) is 13.6 Å². The molecule has 1 atom stereocenters. The van der Waals surface area contributed by atoms with Crippen molar-refractivity contribution in [1.29, 1.82) is 0 Å². The van der Waals surface area contributed by atoms with Crippen molar-refractivity contribution in [1.82, 2.24) is 0 Å². The molecule has 2 rings (SSSR count). The van der Waals surface area contributed by atoms with E-state index < -0.39 is 23.6 Å². The van der Waals surface area contributed by atoms with Crippen LogP contribution in [0.3, 0.4) is 0 Å². The molecule has 0 fully saturated rings. The minimum Gasteiger partial charge on any atom is -0.322 e. The molecular formula is C16H16F2N2O. The highest BCUT2D eigenvalue weighted by atomic mass is 19.1. The van der Waals surface area contributed by atoms with Gasteiger partial charge in [-0.15, -0.1) is 0 Å². The van der Waals surface area contributed by atoms with Gasteiger partial charge < -0.3 is 11.1 Å². The first kappa shape index (κ1) is 15.1. The summed E-state index contributed by atoms with van der Waals surface area (Å²) in [5.41, 5.74) is 6.79. The Morgan fingerprint density at radius 3 is 2.52 bits per heavy atom. The molecule has 1 unspecified atom stereocenters. The average Bonchev–Trinajstić information content (AvgIpc) is 2.48. The Balaban J connectivity index is 1.90. The van der Waals surface area contributed by atoms with Crippen molar-refractivity contribution >= 4 is 11.6 Å². The minimum atomic E-state index is -0.821. The number of carbonyl (C=O) groups excluding carboxylic acids is 1. The third-order valence-electron chi connectivity index (χ3n) is 3.11. The van der Waals surface area contributed by atoms with Gasteiger partial charge in [-0.3, -0.25) is 4.79 Å². The van der Waals surface area contributed by atoms with Crippen LogP contribution in [0.4, 0.5) is 14.5 Å². The summed E-state index contributed by atoms with van der Waals surface area (Å²) in [7, 11) is 0. The normalized spacial score (nSPS) is 12.0. The third kappa shape index (κ3) is 4.36. The second-order valence-electron chi connectivity index (χ2n) is 4.74. The van der Waals surface area contributed by atoms with Crippen molar-refractivity contribution in [3.63, 3.8) is 0 Å². The second kappa shape index (κ2) is 6.95. The number of amides is 1. The lowest BCUT2D eigenvalue weighted by Gasteiger charge is -2.12. The molecule has 110 valence electrons. The molecule has 21 heavy (non-hydrogen) atoms. The van der Waals surface area contributed by atoms with Crippen LogP contribution in [0.5, 0.6) is 0 Å². The number of hydrogen-bond donors (Lipinski definition) is 2. The van der Waals surface area contributed by atoms with E-state index in [1.54, 1.807) is 0 Å². The van der Waals surface area contributed by atoms with Crippen LogP contribution in [-0.4, -0.2) is 11.9 Å². The number of carbonyl (C=O) groups is 1. The predicted molar refractivity (Wildman–Crippen MR) is 77.7 cm³/mol. The van der Waals surface area contributed by atoms with Crippen LogP contribution in [0.25, 0.3) is 0 Å². The lowest BCUT2D eigenvalue weighted by Crippen LogP contribution is -2.36. The third-order valence-corrected chi connectivity index (χ3v) is 3.11. The van der Waals surface area contributed by atoms with Gasteiger partial charge in [-0.2, -0.15) is 0 Å². The zero-order valence-corrected chi connectivity index (χ0v) is 11.4. The number of rotatable bonds is 5. The molecule has 0 saturated carbocycles. The van der Waals surface area contributed by atoms with E-state index in [0.29, 0.717) is 18.9 Å². The van der Waals surface area contributed by atoms with Gasteiger partial charge in [0.2, 0.25) is 5.91 Å². The molecule has 0 radical (unpaired) electrons. The molecule has 0 aliphatic rings. The first-order chi connectivity index (χ1) is 10.1. The summed E-state index contributed by atoms with van der Waals surface area (Å²) in [5.74, 6) is -2.01. The van der Waals surface area contributed by atoms with Crippen molar-refractivity contribution in [2.75, 3.05) is 5.32 Å². The molecule has 2 aromatic carbocycles. The second-order valence-corrected chi connectivity index (χ2v) is 4.74. The highest BCUT2D eigenvalue weighted by Crippen LogP contribution is 2.15. The van der Waals surface area contributed by atoms with Gasteiger partial charge in [-0.05, 0) is 30.5 Å². The Morgan fingerprint density at radius 2 is 1.86 bits per heavy atom. The van der Waals surface area contributed by atoms with Crippen molar-refractivity contribution in [3.8, 4) is 0 Å². The Hall–Kier alpha value is -2.27. The molecule has 0 bridgehead atoms. The SMILES string of the molecule is NC(CCc1ccccc1)C(=O)Nc1ccc(F)cc1F. The number of nitrogens with one attached hydrogen (secondary N) is 1. The maximum atomic E-state index is 13.4. The molecule has 0 aliphatic heterocycles. The number of benzene rings is 2. The van der Waals surface area contributed by atoms with E-state index in [4.69, 9.17) is 5.73 Å². The summed E-state index contributed by atoms with van der Waals surface area (Å²) in [5, 5.41) is 2.37. The Labute approximate surface area is 121 Å². The fourth-order valence-electron chi connectivity index (χ4n) is 1.91. The van der Waals surface area contributed by atoms with Crippen LogP contribution >= 0.6 is 0 Å². The summed E-state index contributed by atoms with van der Waals surface area (Å²) in [6.45, 7) is 0. The summed E-state index contributed by atoms with van der Waals surface area (Å²) < 4.78 is 26.2. The Bertz CT molecular complexity index is 617. The first-order valence-corrected chi connectivity index (χ1v) is 6.61. The lowest BCUT2D eigenvalue weighted by molar-refractivity contribution is -0.117. The number of nitrogens with two attached hydrogens (primary N) is 1. The minimum absolute atomic E-state index is 0.0726. The Morgan fingerprint density at radius 1 is 1.14 bits per heavy atom. The standard InChI is InChI=1S/C16H16F2N2O/c17-12-7-9-15(13(18)10-12)20-16(21)14(19)8-6-11-4-2-1-3-5-11/h1-5,7,9-10,14H,6,8,19H2,(H,20,21). The van der Waals surface area contributed by atoms with Crippen molar-refractivity contribution < 1.29 is 13.6 Å². The van der Waals surface area contributed by atoms with Gasteiger partial charge in [0.25, 0.3) is 0 Å². The molecule has 0 aliphatic carbocycles. The fraction of sp³-hybridized carbons (Fsp3) is 0.188. The molecule has 0 spiro atoms. The molecule has 3 N–H and O–H groups in total. The summed E-state index contributed by atoms with van der Waals surface area (Å²) in [6.07, 6.45) is 1.10. The van der Waals surface area contributed by atoms with Gasteiger partial charge in [0.1, 0.15) is 11.6 Å². The molecule has 3 nitrogen and oxygen atoms in total. The average molecular weight is 290 g/mol. The number of hydrogen-bond acceptors (Lipinski definition) is 2. The monoisotopic (exact) mass is 290 g/mol. The molecule has 2 aromatic rings.